The van der Waals surface area contributed by atoms with Gasteiger partial charge in [0.25, 0.3) is 0 Å². The zero-order valence-electron chi connectivity index (χ0n) is 7.67. The predicted molar refractivity (Wildman–Crippen MR) is 50.1 cm³/mol. The Hall–Kier alpha value is -1.87. The number of rotatable bonds is 2. The monoisotopic (exact) mass is 191 g/mol. The molecule has 0 amide bonds. The molecule has 0 aromatic heterocycles. The molecule has 1 aromatic carbocycles. The van der Waals surface area contributed by atoms with Gasteiger partial charge in [-0.1, -0.05) is 18.1 Å². The second-order valence-corrected chi connectivity index (χ2v) is 2.99. The van der Waals surface area contributed by atoms with Crippen LogP contribution in [0.25, 0.3) is 10.4 Å². The fraction of sp³-hybridized carbons (Fsp3) is 0.333. The van der Waals surface area contributed by atoms with Crippen LogP contribution >= 0.6 is 0 Å². The molecule has 1 heterocycles. The summed E-state index contributed by atoms with van der Waals surface area (Å²) in [5.74, 6) is 1.45. The van der Waals surface area contributed by atoms with Gasteiger partial charge in [0, 0.05) is 4.91 Å². The zero-order valence-corrected chi connectivity index (χ0v) is 7.67. The summed E-state index contributed by atoms with van der Waals surface area (Å²) in [7, 11) is 0. The summed E-state index contributed by atoms with van der Waals surface area (Å²) in [6, 6.07) is 5.34. The third kappa shape index (κ3) is 1.45. The molecule has 0 saturated carbocycles. The van der Waals surface area contributed by atoms with Gasteiger partial charge >= 0.3 is 0 Å². The summed E-state index contributed by atoms with van der Waals surface area (Å²) in [5, 5.41) is 3.60. The zero-order chi connectivity index (χ0) is 9.97. The van der Waals surface area contributed by atoms with E-state index in [1.807, 2.05) is 25.1 Å². The van der Waals surface area contributed by atoms with Gasteiger partial charge in [-0.05, 0) is 23.2 Å². The second kappa shape index (κ2) is 3.47. The molecule has 5 nitrogen and oxygen atoms in total. The van der Waals surface area contributed by atoms with Crippen molar-refractivity contribution in [2.45, 2.75) is 13.0 Å². The molecule has 1 aromatic rings. The van der Waals surface area contributed by atoms with Crippen molar-refractivity contribution >= 4 is 0 Å². The summed E-state index contributed by atoms with van der Waals surface area (Å²) in [6.45, 7) is 2.09. The molecule has 0 spiro atoms. The Bertz CT molecular complexity index is 399. The first-order chi connectivity index (χ1) is 6.81. The molecular formula is C9H9N3O2. The summed E-state index contributed by atoms with van der Waals surface area (Å²) in [6.07, 6.45) is 0. The highest BCUT2D eigenvalue weighted by Gasteiger charge is 2.14. The molecule has 1 aliphatic rings. The van der Waals surface area contributed by atoms with Gasteiger partial charge in [0.2, 0.25) is 6.79 Å². The van der Waals surface area contributed by atoms with Gasteiger partial charge in [-0.3, -0.25) is 0 Å². The normalized spacial score (nSPS) is 14.6. The maximum atomic E-state index is 8.29. The average Bonchev–Trinajstić information content (AvgIpc) is 2.64. The van der Waals surface area contributed by atoms with Crippen LogP contribution in [0.2, 0.25) is 0 Å². The Labute approximate surface area is 80.9 Å². The van der Waals surface area contributed by atoms with E-state index in [-0.39, 0.29) is 12.8 Å². The van der Waals surface area contributed by atoms with E-state index < -0.39 is 0 Å². The molecule has 2 rings (SSSR count). The van der Waals surface area contributed by atoms with Crippen LogP contribution in [0.1, 0.15) is 18.5 Å². The third-order valence-corrected chi connectivity index (χ3v) is 2.10. The molecule has 0 bridgehead atoms. The molecule has 1 atom stereocenters. The highest BCUT2D eigenvalue weighted by Crippen LogP contribution is 2.34. The SMILES string of the molecule is C[C@@H](N=[N+]=[N-])c1ccc2c(c1)OCO2. The lowest BCUT2D eigenvalue weighted by Crippen LogP contribution is -1.93. The Morgan fingerprint density at radius 3 is 3.00 bits per heavy atom. The average molecular weight is 191 g/mol. The summed E-state index contributed by atoms with van der Waals surface area (Å²) < 4.78 is 10.4. The largest absolute Gasteiger partial charge is 0.454 e. The van der Waals surface area contributed by atoms with E-state index in [9.17, 15) is 0 Å². The molecule has 0 unspecified atom stereocenters. The van der Waals surface area contributed by atoms with Crippen molar-refractivity contribution < 1.29 is 9.47 Å². The van der Waals surface area contributed by atoms with E-state index in [2.05, 4.69) is 10.0 Å². The summed E-state index contributed by atoms with van der Waals surface area (Å²) in [5.41, 5.74) is 9.22. The summed E-state index contributed by atoms with van der Waals surface area (Å²) >= 11 is 0. The molecule has 5 heteroatoms. The Morgan fingerprint density at radius 2 is 2.21 bits per heavy atom. The number of azide groups is 1. The minimum Gasteiger partial charge on any atom is -0.454 e. The summed E-state index contributed by atoms with van der Waals surface area (Å²) in [4.78, 5) is 2.76. The van der Waals surface area contributed by atoms with E-state index in [1.165, 1.54) is 0 Å². The highest BCUT2D eigenvalue weighted by atomic mass is 16.7. The van der Waals surface area contributed by atoms with E-state index in [4.69, 9.17) is 15.0 Å². The standard InChI is InChI=1S/C9H9N3O2/c1-6(11-12-10)7-2-3-8-9(4-7)14-5-13-8/h2-4,6H,5H2,1H3/t6-/m1/s1. The van der Waals surface area contributed by atoms with Crippen molar-refractivity contribution in [1.82, 2.24) is 0 Å². The number of hydrogen-bond donors (Lipinski definition) is 0. The first-order valence-corrected chi connectivity index (χ1v) is 4.25. The van der Waals surface area contributed by atoms with Gasteiger partial charge in [0.05, 0.1) is 6.04 Å². The Kier molecular flexibility index (Phi) is 2.16. The molecule has 0 N–H and O–H groups in total. The van der Waals surface area contributed by atoms with Gasteiger partial charge in [0.15, 0.2) is 11.5 Å². The van der Waals surface area contributed by atoms with Crippen LogP contribution in [0, 0.1) is 0 Å². The molecule has 72 valence electrons. The fourth-order valence-corrected chi connectivity index (χ4v) is 1.32. The maximum absolute atomic E-state index is 8.29. The molecule has 14 heavy (non-hydrogen) atoms. The fourth-order valence-electron chi connectivity index (χ4n) is 1.32. The molecule has 0 saturated heterocycles. The van der Waals surface area contributed by atoms with Gasteiger partial charge < -0.3 is 9.47 Å². The van der Waals surface area contributed by atoms with E-state index in [0.717, 1.165) is 11.3 Å². The van der Waals surface area contributed by atoms with Crippen LogP contribution in [-0.4, -0.2) is 6.79 Å². The van der Waals surface area contributed by atoms with Crippen molar-refractivity contribution in [2.75, 3.05) is 6.79 Å². The van der Waals surface area contributed by atoms with Crippen molar-refractivity contribution in [2.24, 2.45) is 5.11 Å². The van der Waals surface area contributed by atoms with Gasteiger partial charge in [0.1, 0.15) is 0 Å². The lowest BCUT2D eigenvalue weighted by Gasteiger charge is -2.05. The lowest BCUT2D eigenvalue weighted by molar-refractivity contribution is 0.174. The van der Waals surface area contributed by atoms with Crippen LogP contribution in [0.3, 0.4) is 0 Å². The van der Waals surface area contributed by atoms with Crippen molar-refractivity contribution in [3.05, 3.63) is 34.2 Å². The smallest absolute Gasteiger partial charge is 0.231 e. The quantitative estimate of drug-likeness (QED) is 0.409. The number of hydrogen-bond acceptors (Lipinski definition) is 3. The number of ether oxygens (including phenoxy) is 2. The first kappa shape index (κ1) is 8.72. The Balaban J connectivity index is 2.32. The minimum atomic E-state index is -0.186. The molecule has 0 fully saturated rings. The lowest BCUT2D eigenvalue weighted by atomic mass is 10.1. The van der Waals surface area contributed by atoms with Crippen molar-refractivity contribution in [3.8, 4) is 11.5 Å². The number of benzene rings is 1. The van der Waals surface area contributed by atoms with Gasteiger partial charge in [-0.25, -0.2) is 0 Å². The predicted octanol–water partition coefficient (Wildman–Crippen LogP) is 2.79. The molecule has 0 radical (unpaired) electrons. The Morgan fingerprint density at radius 1 is 1.43 bits per heavy atom. The highest BCUT2D eigenvalue weighted by molar-refractivity contribution is 5.45. The van der Waals surface area contributed by atoms with Crippen molar-refractivity contribution in [1.29, 1.82) is 0 Å². The molecular weight excluding hydrogens is 182 g/mol. The third-order valence-electron chi connectivity index (χ3n) is 2.10. The topological polar surface area (TPSA) is 67.2 Å². The number of fused-ring (bicyclic) bond motifs is 1. The van der Waals surface area contributed by atoms with E-state index in [1.54, 1.807) is 0 Å². The van der Waals surface area contributed by atoms with E-state index >= 15 is 0 Å². The van der Waals surface area contributed by atoms with Gasteiger partial charge in [-0.15, -0.1) is 0 Å². The first-order valence-electron chi connectivity index (χ1n) is 4.25. The molecule has 1 aliphatic heterocycles. The van der Waals surface area contributed by atoms with E-state index in [0.29, 0.717) is 5.75 Å². The van der Waals surface area contributed by atoms with Crippen LogP contribution in [-0.2, 0) is 0 Å². The van der Waals surface area contributed by atoms with Crippen molar-refractivity contribution in [3.63, 3.8) is 0 Å². The molecule has 0 aliphatic carbocycles. The van der Waals surface area contributed by atoms with Gasteiger partial charge in [-0.2, -0.15) is 0 Å². The van der Waals surface area contributed by atoms with Crippen LogP contribution in [0.5, 0.6) is 11.5 Å². The number of nitrogens with zero attached hydrogens (tertiary/aromatic N) is 3. The van der Waals surface area contributed by atoms with Crippen LogP contribution < -0.4 is 9.47 Å². The second-order valence-electron chi connectivity index (χ2n) is 2.99. The minimum absolute atomic E-state index is 0.186. The van der Waals surface area contributed by atoms with Crippen LogP contribution in [0.4, 0.5) is 0 Å². The van der Waals surface area contributed by atoms with Crippen LogP contribution in [0.15, 0.2) is 23.3 Å². The maximum Gasteiger partial charge on any atom is 0.231 e.